The van der Waals surface area contributed by atoms with Crippen molar-refractivity contribution < 1.29 is 27.8 Å². The summed E-state index contributed by atoms with van der Waals surface area (Å²) in [4.78, 5) is 12.7. The largest absolute Gasteiger partial charge is 0.493 e. The van der Waals surface area contributed by atoms with E-state index in [2.05, 4.69) is 5.10 Å². The summed E-state index contributed by atoms with van der Waals surface area (Å²) in [5.41, 5.74) is -0.0148. The standard InChI is InChI=1S/C16H17ClN2O6S/c1-3-19-16(21)11(6-18-19)14(20)10-4-5-12(26(2,22)23)15(13(10)17)25-9-7-24-8-9/h4-6,9,21H,3,7-8H2,1-2H3. The number of rotatable bonds is 6. The second-order valence-corrected chi connectivity index (χ2v) is 8.19. The monoisotopic (exact) mass is 400 g/mol. The van der Waals surface area contributed by atoms with E-state index in [1.165, 1.54) is 23.0 Å². The molecule has 8 nitrogen and oxygen atoms in total. The minimum atomic E-state index is -3.63. The number of aromatic nitrogens is 2. The van der Waals surface area contributed by atoms with Gasteiger partial charge >= 0.3 is 0 Å². The number of sulfone groups is 1. The van der Waals surface area contributed by atoms with Gasteiger partial charge in [0.05, 0.1) is 24.4 Å². The highest BCUT2D eigenvalue weighted by molar-refractivity contribution is 7.90. The second-order valence-electron chi connectivity index (χ2n) is 5.83. The Morgan fingerprint density at radius 2 is 2.12 bits per heavy atom. The van der Waals surface area contributed by atoms with Crippen molar-refractivity contribution >= 4 is 27.2 Å². The van der Waals surface area contributed by atoms with Crippen LogP contribution in [0.1, 0.15) is 22.8 Å². The fourth-order valence-electron chi connectivity index (χ4n) is 2.48. The van der Waals surface area contributed by atoms with Gasteiger partial charge in [-0.1, -0.05) is 11.6 Å². The first kappa shape index (κ1) is 18.7. The summed E-state index contributed by atoms with van der Waals surface area (Å²) >= 11 is 6.32. The van der Waals surface area contributed by atoms with Crippen molar-refractivity contribution in [1.82, 2.24) is 9.78 Å². The maximum Gasteiger partial charge on any atom is 0.220 e. The smallest absolute Gasteiger partial charge is 0.220 e. The molecule has 2 heterocycles. The molecule has 1 aliphatic heterocycles. The minimum absolute atomic E-state index is 0.0141. The lowest BCUT2D eigenvalue weighted by Gasteiger charge is -2.28. The van der Waals surface area contributed by atoms with Gasteiger partial charge in [0.15, 0.2) is 15.6 Å². The van der Waals surface area contributed by atoms with Gasteiger partial charge in [0.2, 0.25) is 11.7 Å². The van der Waals surface area contributed by atoms with Crippen LogP contribution in [0.3, 0.4) is 0 Å². The van der Waals surface area contributed by atoms with Crippen LogP contribution in [0.15, 0.2) is 23.2 Å². The third-order valence-electron chi connectivity index (χ3n) is 3.95. The number of aromatic hydroxyl groups is 1. The summed E-state index contributed by atoms with van der Waals surface area (Å²) in [6, 6.07) is 2.57. The second kappa shape index (κ2) is 6.90. The van der Waals surface area contributed by atoms with Crippen LogP contribution in [-0.2, 0) is 21.1 Å². The lowest BCUT2D eigenvalue weighted by atomic mass is 10.1. The Morgan fingerprint density at radius 1 is 1.42 bits per heavy atom. The highest BCUT2D eigenvalue weighted by Crippen LogP contribution is 2.38. The van der Waals surface area contributed by atoms with Crippen LogP contribution in [0.2, 0.25) is 5.02 Å². The predicted octanol–water partition coefficient (Wildman–Crippen LogP) is 1.67. The number of ketones is 1. The SMILES string of the molecule is CCn1ncc(C(=O)c2ccc(S(C)(=O)=O)c(OC3COC3)c2Cl)c1O. The molecular formula is C16H17ClN2O6S. The third kappa shape index (κ3) is 3.29. The molecule has 0 aliphatic carbocycles. The van der Waals surface area contributed by atoms with Crippen molar-refractivity contribution in [2.75, 3.05) is 19.5 Å². The fourth-order valence-corrected chi connectivity index (χ4v) is 3.63. The van der Waals surface area contributed by atoms with Gasteiger partial charge in [0.1, 0.15) is 16.6 Å². The molecule has 26 heavy (non-hydrogen) atoms. The molecular weight excluding hydrogens is 384 g/mol. The molecule has 0 spiro atoms. The number of ether oxygens (including phenoxy) is 2. The zero-order valence-electron chi connectivity index (χ0n) is 14.1. The average Bonchev–Trinajstić information content (AvgIpc) is 2.90. The van der Waals surface area contributed by atoms with Gasteiger partial charge in [-0.25, -0.2) is 13.1 Å². The van der Waals surface area contributed by atoms with Gasteiger partial charge in [-0.3, -0.25) is 4.79 Å². The first-order chi connectivity index (χ1) is 12.2. The van der Waals surface area contributed by atoms with E-state index in [9.17, 15) is 18.3 Å². The Bertz CT molecular complexity index is 965. The van der Waals surface area contributed by atoms with Gasteiger partial charge in [0.25, 0.3) is 0 Å². The van der Waals surface area contributed by atoms with Crippen LogP contribution < -0.4 is 4.74 Å². The summed E-state index contributed by atoms with van der Waals surface area (Å²) in [5, 5.41) is 13.9. The van der Waals surface area contributed by atoms with Gasteiger partial charge in [0, 0.05) is 18.4 Å². The van der Waals surface area contributed by atoms with E-state index in [1.54, 1.807) is 6.92 Å². The molecule has 0 saturated carbocycles. The fraction of sp³-hybridized carbons (Fsp3) is 0.375. The molecule has 1 aromatic heterocycles. The number of hydrogen-bond donors (Lipinski definition) is 1. The molecule has 0 amide bonds. The average molecular weight is 401 g/mol. The lowest BCUT2D eigenvalue weighted by Crippen LogP contribution is -2.39. The molecule has 0 atom stereocenters. The van der Waals surface area contributed by atoms with Crippen molar-refractivity contribution in [2.45, 2.75) is 24.5 Å². The minimum Gasteiger partial charge on any atom is -0.493 e. The number of halogens is 1. The zero-order valence-corrected chi connectivity index (χ0v) is 15.7. The van der Waals surface area contributed by atoms with Crippen LogP contribution in [0, 0.1) is 0 Å². The number of hydrogen-bond acceptors (Lipinski definition) is 7. The van der Waals surface area contributed by atoms with Crippen LogP contribution in [0.4, 0.5) is 0 Å². The molecule has 3 rings (SSSR count). The number of aryl methyl sites for hydroxylation is 1. The molecule has 10 heteroatoms. The summed E-state index contributed by atoms with van der Waals surface area (Å²) in [5.74, 6) is -0.951. The first-order valence-corrected chi connectivity index (χ1v) is 10.1. The summed E-state index contributed by atoms with van der Waals surface area (Å²) in [6.45, 7) is 2.76. The molecule has 0 unspecified atom stereocenters. The predicted molar refractivity (Wildman–Crippen MR) is 92.8 cm³/mol. The van der Waals surface area contributed by atoms with Crippen molar-refractivity contribution in [1.29, 1.82) is 0 Å². The van der Waals surface area contributed by atoms with Crippen molar-refractivity contribution in [3.05, 3.63) is 34.5 Å². The molecule has 1 N–H and O–H groups in total. The zero-order chi connectivity index (χ0) is 19.1. The van der Waals surface area contributed by atoms with E-state index >= 15 is 0 Å². The Hall–Kier alpha value is -2.10. The number of carbonyl (C=O) groups excluding carboxylic acids is 1. The van der Waals surface area contributed by atoms with E-state index in [1.807, 2.05) is 0 Å². The molecule has 1 aromatic carbocycles. The van der Waals surface area contributed by atoms with Crippen molar-refractivity contribution in [3.63, 3.8) is 0 Å². The maximum atomic E-state index is 12.8. The maximum absolute atomic E-state index is 12.8. The van der Waals surface area contributed by atoms with E-state index in [0.717, 1.165) is 6.26 Å². The number of nitrogens with zero attached hydrogens (tertiary/aromatic N) is 2. The van der Waals surface area contributed by atoms with E-state index < -0.39 is 15.6 Å². The van der Waals surface area contributed by atoms with E-state index in [0.29, 0.717) is 19.8 Å². The molecule has 2 aromatic rings. The lowest BCUT2D eigenvalue weighted by molar-refractivity contribution is -0.0806. The molecule has 0 radical (unpaired) electrons. The molecule has 1 aliphatic rings. The van der Waals surface area contributed by atoms with Gasteiger partial charge in [-0.2, -0.15) is 5.10 Å². The van der Waals surface area contributed by atoms with Gasteiger partial charge in [-0.05, 0) is 19.1 Å². The Morgan fingerprint density at radius 3 is 2.62 bits per heavy atom. The molecule has 1 saturated heterocycles. The Kier molecular flexibility index (Phi) is 4.96. The van der Waals surface area contributed by atoms with E-state index in [4.69, 9.17) is 21.1 Å². The van der Waals surface area contributed by atoms with Crippen LogP contribution >= 0.6 is 11.6 Å². The topological polar surface area (TPSA) is 108 Å². The Labute approximate surface area is 155 Å². The van der Waals surface area contributed by atoms with Crippen molar-refractivity contribution in [2.24, 2.45) is 0 Å². The molecule has 140 valence electrons. The quantitative estimate of drug-likeness (QED) is 0.735. The van der Waals surface area contributed by atoms with Crippen molar-refractivity contribution in [3.8, 4) is 11.6 Å². The third-order valence-corrected chi connectivity index (χ3v) is 5.45. The highest BCUT2D eigenvalue weighted by Gasteiger charge is 2.29. The first-order valence-electron chi connectivity index (χ1n) is 7.80. The van der Waals surface area contributed by atoms with Gasteiger partial charge < -0.3 is 14.6 Å². The van der Waals surface area contributed by atoms with Crippen LogP contribution in [0.25, 0.3) is 0 Å². The molecule has 0 bridgehead atoms. The van der Waals surface area contributed by atoms with E-state index in [-0.39, 0.29) is 38.8 Å². The van der Waals surface area contributed by atoms with Crippen LogP contribution in [-0.4, -0.2) is 54.7 Å². The number of benzene rings is 1. The summed E-state index contributed by atoms with van der Waals surface area (Å²) < 4.78 is 36.0. The Balaban J connectivity index is 2.08. The summed E-state index contributed by atoms with van der Waals surface area (Å²) in [7, 11) is -3.63. The molecule has 1 fully saturated rings. The normalized spacial score (nSPS) is 14.9. The van der Waals surface area contributed by atoms with Crippen LogP contribution in [0.5, 0.6) is 11.6 Å². The summed E-state index contributed by atoms with van der Waals surface area (Å²) in [6.07, 6.45) is 1.93. The highest BCUT2D eigenvalue weighted by atomic mass is 35.5. The number of carbonyl (C=O) groups is 1. The van der Waals surface area contributed by atoms with Gasteiger partial charge in [-0.15, -0.1) is 0 Å².